The summed E-state index contributed by atoms with van der Waals surface area (Å²) in [6, 6.07) is 11.6. The standard InChI is InChI=1S/C24H14F5N3O3/c25-18-15(19(26)21(28)22(29)20(18)27)9-17(35)32-24-23(12-3-7-14(34)8-4-12)31-16(10-30-24)11-1-5-13(33)6-2-11/h1-8,10,33-34H,9H2,(H,30,32,35). The first-order valence-corrected chi connectivity index (χ1v) is 9.91. The number of benzene rings is 3. The molecule has 0 radical (unpaired) electrons. The Hall–Kier alpha value is -4.54. The number of hydrogen-bond donors (Lipinski definition) is 3. The summed E-state index contributed by atoms with van der Waals surface area (Å²) in [6.07, 6.45) is 0.118. The quantitative estimate of drug-likeness (QED) is 0.207. The van der Waals surface area contributed by atoms with E-state index in [1.165, 1.54) is 42.6 Å². The van der Waals surface area contributed by atoms with Crippen LogP contribution in [0.15, 0.2) is 54.7 Å². The van der Waals surface area contributed by atoms with Gasteiger partial charge in [0.2, 0.25) is 11.7 Å². The summed E-state index contributed by atoms with van der Waals surface area (Å²) in [5.41, 5.74) is 0.100. The van der Waals surface area contributed by atoms with E-state index < -0.39 is 47.0 Å². The van der Waals surface area contributed by atoms with Gasteiger partial charge in [0.1, 0.15) is 17.2 Å². The van der Waals surface area contributed by atoms with E-state index in [0.717, 1.165) is 0 Å². The molecule has 3 N–H and O–H groups in total. The maximum atomic E-state index is 14.0. The number of anilines is 1. The van der Waals surface area contributed by atoms with Crippen molar-refractivity contribution in [2.45, 2.75) is 6.42 Å². The van der Waals surface area contributed by atoms with E-state index in [0.29, 0.717) is 16.8 Å². The third kappa shape index (κ3) is 4.74. The van der Waals surface area contributed by atoms with Crippen LogP contribution in [0.4, 0.5) is 27.8 Å². The molecule has 0 saturated carbocycles. The van der Waals surface area contributed by atoms with Crippen LogP contribution in [0, 0.1) is 29.1 Å². The third-order valence-electron chi connectivity index (χ3n) is 4.97. The lowest BCUT2D eigenvalue weighted by Gasteiger charge is -2.13. The molecule has 4 rings (SSSR count). The van der Waals surface area contributed by atoms with Crippen LogP contribution in [0.5, 0.6) is 11.5 Å². The molecule has 1 aromatic heterocycles. The Kier molecular flexibility index (Phi) is 6.32. The van der Waals surface area contributed by atoms with Gasteiger partial charge in [0.05, 0.1) is 18.3 Å². The molecule has 11 heteroatoms. The molecule has 0 aliphatic heterocycles. The van der Waals surface area contributed by atoms with E-state index >= 15 is 0 Å². The second kappa shape index (κ2) is 9.37. The maximum Gasteiger partial charge on any atom is 0.230 e. The van der Waals surface area contributed by atoms with E-state index in [4.69, 9.17) is 0 Å². The molecule has 0 unspecified atom stereocenters. The van der Waals surface area contributed by atoms with Crippen molar-refractivity contribution in [3.63, 3.8) is 0 Å². The normalized spacial score (nSPS) is 10.9. The van der Waals surface area contributed by atoms with Crippen LogP contribution in [0.25, 0.3) is 22.5 Å². The zero-order chi connectivity index (χ0) is 25.3. The number of aromatic nitrogens is 2. The van der Waals surface area contributed by atoms with Crippen molar-refractivity contribution < 1.29 is 37.0 Å². The number of amides is 1. The first kappa shape index (κ1) is 23.6. The van der Waals surface area contributed by atoms with Gasteiger partial charge in [-0.05, 0) is 48.5 Å². The summed E-state index contributed by atoms with van der Waals surface area (Å²) in [6.45, 7) is 0. The number of nitrogens with zero attached hydrogens (tertiary/aromatic N) is 2. The summed E-state index contributed by atoms with van der Waals surface area (Å²) in [5, 5.41) is 21.3. The molecule has 6 nitrogen and oxygen atoms in total. The molecule has 1 amide bonds. The van der Waals surface area contributed by atoms with Gasteiger partial charge >= 0.3 is 0 Å². The van der Waals surface area contributed by atoms with Gasteiger partial charge in [-0.1, -0.05) is 0 Å². The lowest BCUT2D eigenvalue weighted by molar-refractivity contribution is -0.115. The molecule has 4 aromatic rings. The molecule has 178 valence electrons. The average Bonchev–Trinajstić information content (AvgIpc) is 2.85. The number of nitrogens with one attached hydrogen (secondary N) is 1. The summed E-state index contributed by atoms with van der Waals surface area (Å²) in [4.78, 5) is 21.1. The van der Waals surface area contributed by atoms with Crippen molar-refractivity contribution in [3.05, 3.63) is 89.4 Å². The van der Waals surface area contributed by atoms with Crippen LogP contribution >= 0.6 is 0 Å². The highest BCUT2D eigenvalue weighted by Crippen LogP contribution is 2.30. The molecule has 0 saturated heterocycles. The van der Waals surface area contributed by atoms with Gasteiger partial charge in [0.15, 0.2) is 29.1 Å². The van der Waals surface area contributed by atoms with Gasteiger partial charge in [0, 0.05) is 16.7 Å². The van der Waals surface area contributed by atoms with Crippen molar-refractivity contribution in [2.24, 2.45) is 0 Å². The van der Waals surface area contributed by atoms with Crippen LogP contribution in [0.2, 0.25) is 0 Å². The van der Waals surface area contributed by atoms with Gasteiger partial charge in [0.25, 0.3) is 0 Å². The van der Waals surface area contributed by atoms with E-state index in [-0.39, 0.29) is 23.0 Å². The van der Waals surface area contributed by atoms with Crippen LogP contribution in [0.3, 0.4) is 0 Å². The van der Waals surface area contributed by atoms with Crippen molar-refractivity contribution in [1.82, 2.24) is 9.97 Å². The third-order valence-corrected chi connectivity index (χ3v) is 4.97. The van der Waals surface area contributed by atoms with Crippen LogP contribution < -0.4 is 5.32 Å². The lowest BCUT2D eigenvalue weighted by atomic mass is 10.1. The maximum absolute atomic E-state index is 14.0. The Bertz CT molecular complexity index is 1400. The molecule has 3 aromatic carbocycles. The molecule has 0 atom stereocenters. The van der Waals surface area contributed by atoms with Crippen molar-refractivity contribution in [1.29, 1.82) is 0 Å². The smallest absolute Gasteiger partial charge is 0.230 e. The number of phenols is 2. The molecule has 0 aliphatic carbocycles. The molecule has 0 fully saturated rings. The number of carbonyl (C=O) groups is 1. The molecular formula is C24H14F5N3O3. The molecular weight excluding hydrogens is 473 g/mol. The number of carbonyl (C=O) groups excluding carboxylic acids is 1. The number of hydrogen-bond acceptors (Lipinski definition) is 5. The van der Waals surface area contributed by atoms with Gasteiger partial charge in [-0.3, -0.25) is 4.79 Å². The summed E-state index contributed by atoms with van der Waals surface area (Å²) in [7, 11) is 0. The number of halogens is 5. The average molecular weight is 487 g/mol. The van der Waals surface area contributed by atoms with Crippen LogP contribution in [-0.2, 0) is 11.2 Å². The Labute approximate surface area is 194 Å². The highest BCUT2D eigenvalue weighted by molar-refractivity contribution is 5.94. The van der Waals surface area contributed by atoms with E-state index in [2.05, 4.69) is 15.3 Å². The van der Waals surface area contributed by atoms with Crippen LogP contribution in [0.1, 0.15) is 5.56 Å². The van der Waals surface area contributed by atoms with Gasteiger partial charge in [-0.2, -0.15) is 0 Å². The van der Waals surface area contributed by atoms with E-state index in [9.17, 15) is 37.0 Å². The van der Waals surface area contributed by atoms with Gasteiger partial charge < -0.3 is 15.5 Å². The highest BCUT2D eigenvalue weighted by atomic mass is 19.2. The predicted octanol–water partition coefficient (Wildman–Crippen LogP) is 5.10. The summed E-state index contributed by atoms with van der Waals surface area (Å²) < 4.78 is 68.2. The number of rotatable bonds is 5. The van der Waals surface area contributed by atoms with Crippen molar-refractivity contribution in [2.75, 3.05) is 5.32 Å². The molecule has 35 heavy (non-hydrogen) atoms. The van der Waals surface area contributed by atoms with E-state index in [1.54, 1.807) is 12.1 Å². The largest absolute Gasteiger partial charge is 0.508 e. The fourth-order valence-corrected chi connectivity index (χ4v) is 3.21. The Morgan fingerprint density at radius 2 is 1.23 bits per heavy atom. The zero-order valence-electron chi connectivity index (χ0n) is 17.5. The Balaban J connectivity index is 1.71. The fraction of sp³-hybridized carbons (Fsp3) is 0.0417. The van der Waals surface area contributed by atoms with Gasteiger partial charge in [-0.25, -0.2) is 31.9 Å². The first-order valence-electron chi connectivity index (χ1n) is 9.91. The second-order valence-electron chi connectivity index (χ2n) is 7.32. The SMILES string of the molecule is O=C(Cc1c(F)c(F)c(F)c(F)c1F)Nc1ncc(-c2ccc(O)cc2)nc1-c1ccc(O)cc1. The first-order chi connectivity index (χ1) is 16.7. The van der Waals surface area contributed by atoms with E-state index in [1.807, 2.05) is 0 Å². The Morgan fingerprint density at radius 3 is 1.77 bits per heavy atom. The second-order valence-corrected chi connectivity index (χ2v) is 7.32. The Morgan fingerprint density at radius 1 is 0.743 bits per heavy atom. The molecule has 1 heterocycles. The fourth-order valence-electron chi connectivity index (χ4n) is 3.21. The minimum Gasteiger partial charge on any atom is -0.508 e. The molecule has 0 aliphatic rings. The van der Waals surface area contributed by atoms with Crippen molar-refractivity contribution in [3.8, 4) is 34.0 Å². The minimum absolute atomic E-state index is 0.0254. The lowest BCUT2D eigenvalue weighted by Crippen LogP contribution is -2.19. The number of phenolic OH excluding ortho intramolecular Hbond substituents is 2. The summed E-state index contributed by atoms with van der Waals surface area (Å²) >= 11 is 0. The van der Waals surface area contributed by atoms with Crippen LogP contribution in [-0.4, -0.2) is 26.1 Å². The predicted molar refractivity (Wildman–Crippen MR) is 115 cm³/mol. The number of aromatic hydroxyl groups is 2. The zero-order valence-corrected chi connectivity index (χ0v) is 17.5. The summed E-state index contributed by atoms with van der Waals surface area (Å²) in [5.74, 6) is -12.1. The van der Waals surface area contributed by atoms with Crippen molar-refractivity contribution >= 4 is 11.7 Å². The minimum atomic E-state index is -2.32. The monoisotopic (exact) mass is 487 g/mol. The molecule has 0 bridgehead atoms. The highest BCUT2D eigenvalue weighted by Gasteiger charge is 2.27. The van der Waals surface area contributed by atoms with Gasteiger partial charge in [-0.15, -0.1) is 0 Å². The molecule has 0 spiro atoms. The topological polar surface area (TPSA) is 95.3 Å².